The van der Waals surface area contributed by atoms with E-state index in [9.17, 15) is 4.79 Å². The molecule has 0 N–H and O–H groups in total. The maximum atomic E-state index is 12.1. The molecule has 1 aliphatic carbocycles. The lowest BCUT2D eigenvalue weighted by Crippen LogP contribution is -2.13. The Morgan fingerprint density at radius 2 is 1.95 bits per heavy atom. The lowest BCUT2D eigenvalue weighted by molar-refractivity contribution is -0.113. The Kier molecular flexibility index (Phi) is 6.52. The fourth-order valence-electron chi connectivity index (χ4n) is 2.62. The Hall–Kier alpha value is -1.06. The van der Waals surface area contributed by atoms with Gasteiger partial charge in [-0.05, 0) is 56.5 Å². The number of benzene rings is 1. The Labute approximate surface area is 132 Å². The van der Waals surface area contributed by atoms with E-state index in [1.165, 1.54) is 12.2 Å². The molecule has 0 fully saturated rings. The molecule has 1 atom stereocenters. The topological polar surface area (TPSA) is 20.3 Å². The number of nitrogens with zero attached hydrogens (tertiary/aromatic N) is 1. The van der Waals surface area contributed by atoms with Crippen molar-refractivity contribution in [2.75, 3.05) is 32.1 Å². The summed E-state index contributed by atoms with van der Waals surface area (Å²) in [6.45, 7) is 1.16. The second-order valence-corrected chi connectivity index (χ2v) is 7.12. The molecule has 114 valence electrons. The van der Waals surface area contributed by atoms with E-state index >= 15 is 0 Å². The van der Waals surface area contributed by atoms with Crippen molar-refractivity contribution in [3.05, 3.63) is 42.0 Å². The molecule has 2 rings (SSSR count). The summed E-state index contributed by atoms with van der Waals surface area (Å²) in [7, 11) is 4.23. The first kappa shape index (κ1) is 16.3. The maximum absolute atomic E-state index is 12.1. The lowest BCUT2D eigenvalue weighted by atomic mass is 10.1. The van der Waals surface area contributed by atoms with Crippen LogP contribution in [0.2, 0.25) is 0 Å². The molecule has 1 unspecified atom stereocenters. The van der Waals surface area contributed by atoms with Gasteiger partial charge in [-0.3, -0.25) is 4.79 Å². The van der Waals surface area contributed by atoms with Gasteiger partial charge in [-0.15, -0.1) is 0 Å². The minimum atomic E-state index is 0.309. The summed E-state index contributed by atoms with van der Waals surface area (Å²) in [6.07, 6.45) is 5.25. The molecule has 1 aliphatic rings. The molecule has 3 heteroatoms. The van der Waals surface area contributed by atoms with Crippen LogP contribution in [0.5, 0.6) is 0 Å². The number of Topliss-reactive ketones (excluding diaryl/α,β-unsaturated/α-hetero) is 1. The van der Waals surface area contributed by atoms with Crippen molar-refractivity contribution in [1.82, 2.24) is 4.90 Å². The van der Waals surface area contributed by atoms with Crippen LogP contribution in [0.4, 0.5) is 0 Å². The van der Waals surface area contributed by atoms with E-state index in [2.05, 4.69) is 25.1 Å². The van der Waals surface area contributed by atoms with Gasteiger partial charge in [0.25, 0.3) is 0 Å². The Bertz CT molecular complexity index is 481. The summed E-state index contributed by atoms with van der Waals surface area (Å²) >= 11 is 2.01. The van der Waals surface area contributed by atoms with E-state index in [0.29, 0.717) is 18.1 Å². The average Bonchev–Trinajstić information content (AvgIpc) is 2.84. The Balaban J connectivity index is 1.73. The van der Waals surface area contributed by atoms with Crippen LogP contribution in [0.1, 0.15) is 24.8 Å². The van der Waals surface area contributed by atoms with Crippen LogP contribution in [-0.4, -0.2) is 42.8 Å². The summed E-state index contributed by atoms with van der Waals surface area (Å²) in [5.74, 6) is 3.12. The van der Waals surface area contributed by atoms with Gasteiger partial charge in [0, 0.05) is 12.0 Å². The third-order valence-corrected chi connectivity index (χ3v) is 4.86. The fraction of sp³-hybridized carbons (Fsp3) is 0.500. The smallest absolute Gasteiger partial charge is 0.163 e. The third-order valence-electron chi connectivity index (χ3n) is 3.76. The largest absolute Gasteiger partial charge is 0.309 e. The minimum Gasteiger partial charge on any atom is -0.309 e. The molecule has 21 heavy (non-hydrogen) atoms. The van der Waals surface area contributed by atoms with Gasteiger partial charge in [0.05, 0.1) is 0 Å². The maximum Gasteiger partial charge on any atom is 0.163 e. The average molecular weight is 303 g/mol. The van der Waals surface area contributed by atoms with E-state index in [-0.39, 0.29) is 0 Å². The summed E-state index contributed by atoms with van der Waals surface area (Å²) in [5.41, 5.74) is 2.00. The molecule has 0 aromatic heterocycles. The Morgan fingerprint density at radius 3 is 2.67 bits per heavy atom. The monoisotopic (exact) mass is 303 g/mol. The summed E-state index contributed by atoms with van der Waals surface area (Å²) in [5, 5.41) is 0. The van der Waals surface area contributed by atoms with Gasteiger partial charge in [-0.25, -0.2) is 0 Å². The van der Waals surface area contributed by atoms with Crippen molar-refractivity contribution in [3.8, 4) is 0 Å². The molecule has 1 aromatic rings. The van der Waals surface area contributed by atoms with Gasteiger partial charge in [0.15, 0.2) is 5.78 Å². The summed E-state index contributed by atoms with van der Waals surface area (Å²) in [4.78, 5) is 14.3. The number of hydrogen-bond donors (Lipinski definition) is 0. The molecule has 0 radical (unpaired) electrons. The molecule has 1 aromatic carbocycles. The predicted octanol–water partition coefficient (Wildman–Crippen LogP) is 3.73. The van der Waals surface area contributed by atoms with Crippen LogP contribution in [-0.2, 0) is 4.79 Å². The highest BCUT2D eigenvalue weighted by Crippen LogP contribution is 2.31. The van der Waals surface area contributed by atoms with E-state index in [0.717, 1.165) is 29.9 Å². The quantitative estimate of drug-likeness (QED) is 0.682. The van der Waals surface area contributed by atoms with E-state index in [1.54, 1.807) is 0 Å². The first-order valence-electron chi connectivity index (χ1n) is 7.69. The van der Waals surface area contributed by atoms with Crippen LogP contribution < -0.4 is 0 Å². The zero-order chi connectivity index (χ0) is 15.1. The SMILES string of the molecule is CN(C)CCCSCCC1C=C(c2ccccc2)C(=O)C1. The minimum absolute atomic E-state index is 0.309. The van der Waals surface area contributed by atoms with Crippen LogP contribution in [0.15, 0.2) is 36.4 Å². The highest BCUT2D eigenvalue weighted by molar-refractivity contribution is 7.99. The first-order chi connectivity index (χ1) is 10.2. The summed E-state index contributed by atoms with van der Waals surface area (Å²) in [6, 6.07) is 10.0. The van der Waals surface area contributed by atoms with Crippen molar-refractivity contribution >= 4 is 23.1 Å². The predicted molar refractivity (Wildman–Crippen MR) is 92.6 cm³/mol. The van der Waals surface area contributed by atoms with Crippen LogP contribution >= 0.6 is 11.8 Å². The number of thioether (sulfide) groups is 1. The molecule has 0 aliphatic heterocycles. The number of hydrogen-bond acceptors (Lipinski definition) is 3. The van der Waals surface area contributed by atoms with Gasteiger partial charge in [-0.1, -0.05) is 36.4 Å². The van der Waals surface area contributed by atoms with Crippen molar-refractivity contribution < 1.29 is 4.79 Å². The highest BCUT2D eigenvalue weighted by Gasteiger charge is 2.24. The molecule has 0 heterocycles. The van der Waals surface area contributed by atoms with E-state index < -0.39 is 0 Å². The zero-order valence-electron chi connectivity index (χ0n) is 13.0. The van der Waals surface area contributed by atoms with Crippen molar-refractivity contribution in [3.63, 3.8) is 0 Å². The molecule has 0 bridgehead atoms. The van der Waals surface area contributed by atoms with Crippen LogP contribution in [0, 0.1) is 5.92 Å². The standard InChI is InChI=1S/C18H25NOS/c1-19(2)10-6-11-21-12-9-15-13-17(18(20)14-15)16-7-4-3-5-8-16/h3-5,7-8,13,15H,6,9-12,14H2,1-2H3. The first-order valence-corrected chi connectivity index (χ1v) is 8.85. The summed E-state index contributed by atoms with van der Waals surface area (Å²) < 4.78 is 0. The number of carbonyl (C=O) groups excluding carboxylic acids is 1. The van der Waals surface area contributed by atoms with E-state index in [1.807, 2.05) is 42.1 Å². The van der Waals surface area contributed by atoms with Crippen molar-refractivity contribution in [2.24, 2.45) is 5.92 Å². The highest BCUT2D eigenvalue weighted by atomic mass is 32.2. The molecule has 0 amide bonds. The molecular weight excluding hydrogens is 278 g/mol. The second kappa shape index (κ2) is 8.40. The normalized spacial score (nSPS) is 18.3. The van der Waals surface area contributed by atoms with Crippen molar-refractivity contribution in [1.29, 1.82) is 0 Å². The van der Waals surface area contributed by atoms with Crippen molar-refractivity contribution in [2.45, 2.75) is 19.3 Å². The van der Waals surface area contributed by atoms with Gasteiger partial charge in [0.1, 0.15) is 0 Å². The molecule has 2 nitrogen and oxygen atoms in total. The number of ketones is 1. The van der Waals surface area contributed by atoms with Gasteiger partial charge < -0.3 is 4.90 Å². The molecule has 0 saturated heterocycles. The zero-order valence-corrected chi connectivity index (χ0v) is 13.9. The number of rotatable bonds is 8. The van der Waals surface area contributed by atoms with E-state index in [4.69, 9.17) is 0 Å². The molecular formula is C18H25NOS. The lowest BCUT2D eigenvalue weighted by Gasteiger charge is -2.09. The van der Waals surface area contributed by atoms with Crippen LogP contribution in [0.25, 0.3) is 5.57 Å². The molecule has 0 spiro atoms. The number of carbonyl (C=O) groups is 1. The Morgan fingerprint density at radius 1 is 1.19 bits per heavy atom. The number of allylic oxidation sites excluding steroid dienone is 2. The van der Waals surface area contributed by atoms with Gasteiger partial charge in [0.2, 0.25) is 0 Å². The third kappa shape index (κ3) is 5.33. The van der Waals surface area contributed by atoms with Crippen LogP contribution in [0.3, 0.4) is 0 Å². The fourth-order valence-corrected chi connectivity index (χ4v) is 3.62. The van der Waals surface area contributed by atoms with Gasteiger partial charge >= 0.3 is 0 Å². The second-order valence-electron chi connectivity index (χ2n) is 5.89. The van der Waals surface area contributed by atoms with Gasteiger partial charge in [-0.2, -0.15) is 11.8 Å². The molecule has 0 saturated carbocycles.